The van der Waals surface area contributed by atoms with Crippen molar-refractivity contribution >= 4 is 65.5 Å². The number of aromatic nitrogens is 3. The molecule has 0 saturated heterocycles. The highest BCUT2D eigenvalue weighted by molar-refractivity contribution is 7.94. The molecule has 0 unspecified atom stereocenters. The molecule has 0 aliphatic rings. The third kappa shape index (κ3) is 3.78. The summed E-state index contributed by atoms with van der Waals surface area (Å²) in [6.45, 7) is 0. The van der Waals surface area contributed by atoms with Crippen molar-refractivity contribution in [1.82, 2.24) is 15.2 Å². The molecule has 1 aromatic carbocycles. The second-order valence-electron chi connectivity index (χ2n) is 5.47. The van der Waals surface area contributed by atoms with Crippen LogP contribution in [0, 0.1) is 0 Å². The first kappa shape index (κ1) is 18.3. The highest BCUT2D eigenvalue weighted by Gasteiger charge is 2.16. The number of nitrogens with one attached hydrogen (secondary N) is 2. The monoisotopic (exact) mass is 433 g/mol. The van der Waals surface area contributed by atoms with E-state index in [-0.39, 0.29) is 9.90 Å². The van der Waals surface area contributed by atoms with Gasteiger partial charge in [-0.3, -0.25) is 4.72 Å². The topological polar surface area (TPSA) is 134 Å². The average molecular weight is 433 g/mol. The Morgan fingerprint density at radius 1 is 1.11 bits per heavy atom. The molecular weight excluding hydrogens is 422 g/mol. The third-order valence-corrected chi connectivity index (χ3v) is 7.23. The van der Waals surface area contributed by atoms with Crippen LogP contribution in [0.2, 0.25) is 0 Å². The maximum Gasteiger partial charge on any atom is 0.356 e. The number of sulfonamides is 1. The van der Waals surface area contributed by atoms with Crippen LogP contribution in [-0.2, 0) is 10.0 Å². The van der Waals surface area contributed by atoms with Crippen molar-refractivity contribution in [3.63, 3.8) is 0 Å². The molecule has 3 N–H and O–H groups in total. The molecule has 3 heterocycles. The van der Waals surface area contributed by atoms with E-state index < -0.39 is 16.0 Å². The highest BCUT2D eigenvalue weighted by Crippen LogP contribution is 2.31. The Labute approximate surface area is 166 Å². The van der Waals surface area contributed by atoms with Crippen LogP contribution in [0.4, 0.5) is 16.6 Å². The summed E-state index contributed by atoms with van der Waals surface area (Å²) < 4.78 is 28.2. The predicted molar refractivity (Wildman–Crippen MR) is 107 cm³/mol. The lowest BCUT2D eigenvalue weighted by Crippen LogP contribution is -2.11. The first-order valence-electron chi connectivity index (χ1n) is 7.72. The number of aromatic carboxylic acids is 1. The van der Waals surface area contributed by atoms with Crippen LogP contribution < -0.4 is 10.0 Å². The van der Waals surface area contributed by atoms with Crippen molar-refractivity contribution in [2.75, 3.05) is 10.0 Å². The molecule has 4 rings (SSSR count). The first-order valence-corrected chi connectivity index (χ1v) is 10.9. The molecule has 0 atom stereocenters. The number of benzene rings is 1. The van der Waals surface area contributed by atoms with Gasteiger partial charge in [-0.2, -0.15) is 0 Å². The van der Waals surface area contributed by atoms with Crippen LogP contribution in [0.5, 0.6) is 0 Å². The van der Waals surface area contributed by atoms with Crippen LogP contribution >= 0.6 is 22.7 Å². The van der Waals surface area contributed by atoms with Gasteiger partial charge < -0.3 is 10.4 Å². The van der Waals surface area contributed by atoms with Gasteiger partial charge in [-0.15, -0.1) is 21.5 Å². The van der Waals surface area contributed by atoms with Crippen LogP contribution in [0.15, 0.2) is 52.1 Å². The number of hydrogen-bond donors (Lipinski definition) is 3. The number of rotatable bonds is 6. The molecule has 0 radical (unpaired) electrons. The summed E-state index contributed by atoms with van der Waals surface area (Å²) >= 11 is 2.44. The molecule has 12 heteroatoms. The van der Waals surface area contributed by atoms with Crippen LogP contribution in [-0.4, -0.2) is 34.7 Å². The molecule has 142 valence electrons. The van der Waals surface area contributed by atoms with Gasteiger partial charge in [0.2, 0.25) is 0 Å². The lowest BCUT2D eigenvalue weighted by atomic mass is 10.3. The zero-order valence-electron chi connectivity index (χ0n) is 13.9. The lowest BCUT2D eigenvalue weighted by molar-refractivity contribution is 0.0689. The Balaban J connectivity index is 1.55. The van der Waals surface area contributed by atoms with Gasteiger partial charge >= 0.3 is 5.97 Å². The number of fused-ring (bicyclic) bond motifs is 1. The van der Waals surface area contributed by atoms with Gasteiger partial charge in [0.1, 0.15) is 4.21 Å². The summed E-state index contributed by atoms with van der Waals surface area (Å²) in [5, 5.41) is 21.4. The Bertz CT molecular complexity index is 1250. The Morgan fingerprint density at radius 2 is 1.96 bits per heavy atom. The maximum atomic E-state index is 12.3. The average Bonchev–Trinajstić information content (AvgIpc) is 3.31. The van der Waals surface area contributed by atoms with Gasteiger partial charge in [-0.05, 0) is 41.8 Å². The minimum atomic E-state index is -3.62. The number of thiazole rings is 1. The Hall–Kier alpha value is -3.09. The number of carboxylic acid groups (broad SMARTS) is 1. The second-order valence-corrected chi connectivity index (χ2v) is 9.36. The normalized spacial score (nSPS) is 11.4. The van der Waals surface area contributed by atoms with Crippen molar-refractivity contribution in [3.8, 4) is 0 Å². The SMILES string of the molecule is O=C(O)c1ccc(Nc2nc3ccc(NS(=O)(=O)c4cccs4)cc3s2)nn1. The molecule has 0 spiro atoms. The first-order chi connectivity index (χ1) is 13.4. The van der Waals surface area contributed by atoms with Crippen molar-refractivity contribution < 1.29 is 18.3 Å². The summed E-state index contributed by atoms with van der Waals surface area (Å²) in [5.74, 6) is -0.806. The number of carboxylic acids is 1. The molecule has 0 amide bonds. The lowest BCUT2D eigenvalue weighted by Gasteiger charge is -2.05. The molecule has 0 saturated carbocycles. The fourth-order valence-electron chi connectivity index (χ4n) is 2.29. The number of anilines is 3. The van der Waals surface area contributed by atoms with E-state index in [1.807, 2.05) is 0 Å². The van der Waals surface area contributed by atoms with Gasteiger partial charge in [0, 0.05) is 0 Å². The molecule has 28 heavy (non-hydrogen) atoms. The van der Waals surface area contributed by atoms with Gasteiger partial charge in [0.15, 0.2) is 16.6 Å². The van der Waals surface area contributed by atoms with E-state index in [9.17, 15) is 13.2 Å². The second kappa shape index (κ2) is 7.14. The molecule has 4 aromatic rings. The minimum Gasteiger partial charge on any atom is -0.476 e. The summed E-state index contributed by atoms with van der Waals surface area (Å²) in [5.41, 5.74) is 0.959. The summed E-state index contributed by atoms with van der Waals surface area (Å²) in [7, 11) is -3.62. The predicted octanol–water partition coefficient (Wildman–Crippen LogP) is 3.39. The van der Waals surface area contributed by atoms with Crippen molar-refractivity contribution in [2.24, 2.45) is 0 Å². The molecule has 0 fully saturated rings. The van der Waals surface area contributed by atoms with Crippen LogP contribution in [0.3, 0.4) is 0 Å². The van der Waals surface area contributed by atoms with Crippen molar-refractivity contribution in [1.29, 1.82) is 0 Å². The summed E-state index contributed by atoms with van der Waals surface area (Å²) in [6, 6.07) is 11.1. The number of hydrogen-bond acceptors (Lipinski definition) is 9. The zero-order chi connectivity index (χ0) is 19.7. The van der Waals surface area contributed by atoms with Crippen molar-refractivity contribution in [2.45, 2.75) is 4.21 Å². The number of nitrogens with zero attached hydrogens (tertiary/aromatic N) is 3. The molecule has 0 aliphatic carbocycles. The van der Waals surface area contributed by atoms with E-state index in [0.717, 1.165) is 16.0 Å². The fourth-order valence-corrected chi connectivity index (χ4v) is 5.24. The number of carbonyl (C=O) groups is 1. The quantitative estimate of drug-likeness (QED) is 0.421. The van der Waals surface area contributed by atoms with E-state index in [2.05, 4.69) is 25.2 Å². The Morgan fingerprint density at radius 3 is 2.64 bits per heavy atom. The highest BCUT2D eigenvalue weighted by atomic mass is 32.2. The molecular formula is C16H11N5O4S3. The van der Waals surface area contributed by atoms with Gasteiger partial charge in [0.25, 0.3) is 10.0 Å². The van der Waals surface area contributed by atoms with Crippen LogP contribution in [0.25, 0.3) is 10.2 Å². The molecule has 3 aromatic heterocycles. The minimum absolute atomic E-state index is 0.155. The van der Waals surface area contributed by atoms with Crippen molar-refractivity contribution in [3.05, 3.63) is 53.5 Å². The molecule has 9 nitrogen and oxygen atoms in total. The largest absolute Gasteiger partial charge is 0.476 e. The number of thiophene rings is 1. The van der Waals surface area contributed by atoms with E-state index >= 15 is 0 Å². The van der Waals surface area contributed by atoms with Gasteiger partial charge in [0.05, 0.1) is 15.9 Å². The van der Waals surface area contributed by atoms with E-state index in [4.69, 9.17) is 5.11 Å². The molecule has 0 bridgehead atoms. The van der Waals surface area contributed by atoms with Crippen LogP contribution in [0.1, 0.15) is 10.5 Å². The van der Waals surface area contributed by atoms with E-state index in [0.29, 0.717) is 22.2 Å². The van der Waals surface area contributed by atoms with Gasteiger partial charge in [-0.25, -0.2) is 18.2 Å². The smallest absolute Gasteiger partial charge is 0.356 e. The van der Waals surface area contributed by atoms with Gasteiger partial charge in [-0.1, -0.05) is 17.4 Å². The third-order valence-electron chi connectivity index (χ3n) is 3.52. The summed E-state index contributed by atoms with van der Waals surface area (Å²) in [4.78, 5) is 15.2. The standard InChI is InChI=1S/C16H11N5O4S3/c22-15(23)11-5-6-13(20-19-11)18-16-17-10-4-3-9(8-12(10)27-16)21-28(24,25)14-2-1-7-26-14/h1-8,21H,(H,22,23)(H,17,18,20). The molecule has 0 aliphatic heterocycles. The summed E-state index contributed by atoms with van der Waals surface area (Å²) in [6.07, 6.45) is 0. The zero-order valence-corrected chi connectivity index (χ0v) is 16.3. The van der Waals surface area contributed by atoms with E-state index in [1.54, 1.807) is 29.6 Å². The van der Waals surface area contributed by atoms with E-state index in [1.165, 1.54) is 29.5 Å². The fraction of sp³-hybridized carbons (Fsp3) is 0. The Kier molecular flexibility index (Phi) is 4.66. The maximum absolute atomic E-state index is 12.3.